The minimum absolute atomic E-state index is 0.0335. The predicted octanol–water partition coefficient (Wildman–Crippen LogP) is 2.44. The lowest BCUT2D eigenvalue weighted by molar-refractivity contribution is -0.156. The number of benzene rings is 1. The van der Waals surface area contributed by atoms with Crippen molar-refractivity contribution >= 4 is 27.0 Å². The first-order chi connectivity index (χ1) is 15.9. The molecule has 0 N–H and O–H groups in total. The number of sulfonamides is 1. The van der Waals surface area contributed by atoms with E-state index in [4.69, 9.17) is 4.74 Å². The van der Waals surface area contributed by atoms with E-state index in [0.717, 1.165) is 28.1 Å². The maximum atomic E-state index is 13.0. The highest BCUT2D eigenvalue weighted by atomic mass is 32.2. The molecular formula is C24H35N3O6S. The highest BCUT2D eigenvalue weighted by molar-refractivity contribution is 7.89. The van der Waals surface area contributed by atoms with Gasteiger partial charge in [-0.25, -0.2) is 12.7 Å². The molecule has 3 atom stereocenters. The quantitative estimate of drug-likeness (QED) is 0.433. The lowest BCUT2D eigenvalue weighted by Crippen LogP contribution is -2.43. The van der Waals surface area contributed by atoms with E-state index in [-0.39, 0.29) is 29.0 Å². The van der Waals surface area contributed by atoms with Gasteiger partial charge in [-0.1, -0.05) is 27.2 Å². The Hall–Kier alpha value is -2.46. The van der Waals surface area contributed by atoms with Gasteiger partial charge in [0.25, 0.3) is 0 Å². The molecule has 1 saturated carbocycles. The van der Waals surface area contributed by atoms with E-state index >= 15 is 0 Å². The Morgan fingerprint density at radius 2 is 1.76 bits per heavy atom. The van der Waals surface area contributed by atoms with Crippen molar-refractivity contribution in [3.8, 4) is 0 Å². The molecule has 1 heterocycles. The number of ether oxygens (including phenoxy) is 1. The zero-order valence-electron chi connectivity index (χ0n) is 20.8. The van der Waals surface area contributed by atoms with E-state index in [2.05, 4.69) is 20.8 Å². The third-order valence-electron chi connectivity index (χ3n) is 6.83. The van der Waals surface area contributed by atoms with Crippen molar-refractivity contribution in [1.29, 1.82) is 0 Å². The minimum Gasteiger partial charge on any atom is -0.461 e. The second-order valence-corrected chi connectivity index (χ2v) is 11.9. The third kappa shape index (κ3) is 4.98. The summed E-state index contributed by atoms with van der Waals surface area (Å²) in [4.78, 5) is 38.7. The molecule has 1 aliphatic carbocycles. The van der Waals surface area contributed by atoms with E-state index < -0.39 is 33.7 Å². The van der Waals surface area contributed by atoms with Crippen LogP contribution in [0.5, 0.6) is 0 Å². The van der Waals surface area contributed by atoms with Crippen LogP contribution >= 0.6 is 0 Å². The summed E-state index contributed by atoms with van der Waals surface area (Å²) in [6.45, 7) is 7.83. The molecule has 3 rings (SSSR count). The molecule has 10 heteroatoms. The zero-order chi connectivity index (χ0) is 25.4. The smallest absolute Gasteiger partial charge is 0.326 e. The van der Waals surface area contributed by atoms with E-state index in [9.17, 15) is 22.8 Å². The highest BCUT2D eigenvalue weighted by Crippen LogP contribution is 2.35. The number of aryl methyl sites for hydroxylation is 1. The normalized spacial score (nSPS) is 21.4. The third-order valence-corrected chi connectivity index (χ3v) is 8.64. The van der Waals surface area contributed by atoms with Crippen LogP contribution < -0.4 is 11.1 Å². The zero-order valence-corrected chi connectivity index (χ0v) is 21.6. The largest absolute Gasteiger partial charge is 0.461 e. The molecule has 188 valence electrons. The second kappa shape index (κ2) is 10.0. The van der Waals surface area contributed by atoms with Gasteiger partial charge in [-0.3, -0.25) is 19.0 Å². The van der Waals surface area contributed by atoms with Crippen molar-refractivity contribution in [3.63, 3.8) is 0 Å². The Bertz CT molecular complexity index is 1290. The summed E-state index contributed by atoms with van der Waals surface area (Å²) >= 11 is 0. The molecule has 1 fully saturated rings. The average molecular weight is 494 g/mol. The first-order valence-electron chi connectivity index (χ1n) is 11.8. The van der Waals surface area contributed by atoms with Crippen molar-refractivity contribution in [2.24, 2.45) is 17.8 Å². The van der Waals surface area contributed by atoms with Gasteiger partial charge in [0.15, 0.2) is 0 Å². The minimum atomic E-state index is -3.79. The Labute approximate surface area is 200 Å². The SMILES string of the molecule is CCn1c(=O)c(=O)n(CC(=O)OC2CC(C)CCC2C(C)C)c2cc(S(=O)(=O)N(C)C)ccc21. The van der Waals surface area contributed by atoms with Gasteiger partial charge < -0.3 is 9.30 Å². The second-order valence-electron chi connectivity index (χ2n) is 9.73. The monoisotopic (exact) mass is 493 g/mol. The maximum absolute atomic E-state index is 13.0. The summed E-state index contributed by atoms with van der Waals surface area (Å²) < 4.78 is 34.6. The predicted molar refractivity (Wildman–Crippen MR) is 130 cm³/mol. The summed E-state index contributed by atoms with van der Waals surface area (Å²) in [6.07, 6.45) is 2.56. The topological polar surface area (TPSA) is 108 Å². The molecule has 2 aromatic rings. The molecule has 0 spiro atoms. The first-order valence-corrected chi connectivity index (χ1v) is 13.2. The summed E-state index contributed by atoms with van der Waals surface area (Å²) in [7, 11) is -0.967. The van der Waals surface area contributed by atoms with Crippen LogP contribution in [0.25, 0.3) is 11.0 Å². The van der Waals surface area contributed by atoms with Crippen LogP contribution in [0, 0.1) is 17.8 Å². The molecule has 3 unspecified atom stereocenters. The fourth-order valence-electron chi connectivity index (χ4n) is 4.83. The molecule has 0 amide bonds. The van der Waals surface area contributed by atoms with E-state index in [1.54, 1.807) is 6.92 Å². The standard InChI is InChI=1S/C24H35N3O6S/c1-7-26-19-11-9-17(34(31,32)25(5)6)13-20(19)27(24(30)23(26)29)14-22(28)33-21-12-16(4)8-10-18(21)15(2)3/h9,11,13,15-16,18,21H,7-8,10,12,14H2,1-6H3. The number of aromatic nitrogens is 2. The fourth-order valence-corrected chi connectivity index (χ4v) is 5.75. The van der Waals surface area contributed by atoms with Crippen LogP contribution in [0.1, 0.15) is 47.0 Å². The van der Waals surface area contributed by atoms with Gasteiger partial charge in [-0.05, 0) is 55.7 Å². The van der Waals surface area contributed by atoms with Crippen molar-refractivity contribution in [2.75, 3.05) is 14.1 Å². The van der Waals surface area contributed by atoms with Gasteiger partial charge in [0.1, 0.15) is 12.6 Å². The Morgan fingerprint density at radius 3 is 2.35 bits per heavy atom. The van der Waals surface area contributed by atoms with E-state index in [0.29, 0.717) is 17.4 Å². The number of hydrogen-bond acceptors (Lipinski definition) is 6. The molecule has 0 aliphatic heterocycles. The molecule has 1 aromatic heterocycles. The van der Waals surface area contributed by atoms with Crippen LogP contribution in [0.3, 0.4) is 0 Å². The Morgan fingerprint density at radius 1 is 1.12 bits per heavy atom. The number of esters is 1. The summed E-state index contributed by atoms with van der Waals surface area (Å²) in [6, 6.07) is 4.23. The number of carbonyl (C=O) groups excluding carboxylic acids is 1. The van der Waals surface area contributed by atoms with Gasteiger partial charge in [-0.15, -0.1) is 0 Å². The van der Waals surface area contributed by atoms with E-state index in [1.807, 2.05) is 0 Å². The maximum Gasteiger partial charge on any atom is 0.326 e. The van der Waals surface area contributed by atoms with Crippen molar-refractivity contribution in [2.45, 2.75) is 71.0 Å². The number of carbonyl (C=O) groups is 1. The summed E-state index contributed by atoms with van der Waals surface area (Å²) in [5.41, 5.74) is -1.08. The van der Waals surface area contributed by atoms with Crippen LogP contribution in [0.2, 0.25) is 0 Å². The highest BCUT2D eigenvalue weighted by Gasteiger charge is 2.33. The Balaban J connectivity index is 2.07. The Kier molecular flexibility index (Phi) is 7.72. The molecule has 9 nitrogen and oxygen atoms in total. The summed E-state index contributed by atoms with van der Waals surface area (Å²) in [5, 5.41) is 0. The summed E-state index contributed by atoms with van der Waals surface area (Å²) in [5.74, 6) is 0.408. The fraction of sp³-hybridized carbons (Fsp3) is 0.625. The van der Waals surface area contributed by atoms with Crippen LogP contribution in [-0.4, -0.2) is 48.0 Å². The number of hydrogen-bond donors (Lipinski definition) is 0. The van der Waals surface area contributed by atoms with Crippen LogP contribution in [0.4, 0.5) is 0 Å². The van der Waals surface area contributed by atoms with Gasteiger partial charge in [0, 0.05) is 20.6 Å². The van der Waals surface area contributed by atoms with Crippen LogP contribution in [0.15, 0.2) is 32.7 Å². The van der Waals surface area contributed by atoms with E-state index in [1.165, 1.54) is 36.9 Å². The van der Waals surface area contributed by atoms with Crippen molar-refractivity contribution in [1.82, 2.24) is 13.4 Å². The molecule has 0 bridgehead atoms. The number of fused-ring (bicyclic) bond motifs is 1. The molecule has 34 heavy (non-hydrogen) atoms. The molecular weight excluding hydrogens is 458 g/mol. The number of rotatable bonds is 7. The average Bonchev–Trinajstić information content (AvgIpc) is 2.76. The van der Waals surface area contributed by atoms with Gasteiger partial charge in [0.2, 0.25) is 10.0 Å². The molecule has 1 aliphatic rings. The van der Waals surface area contributed by atoms with Gasteiger partial charge in [-0.2, -0.15) is 0 Å². The molecule has 0 saturated heterocycles. The van der Waals surface area contributed by atoms with Crippen molar-refractivity contribution in [3.05, 3.63) is 38.9 Å². The van der Waals surface area contributed by atoms with Gasteiger partial charge >= 0.3 is 17.1 Å². The lowest BCUT2D eigenvalue weighted by atomic mass is 9.75. The molecule has 0 radical (unpaired) electrons. The first kappa shape index (κ1) is 26.2. The van der Waals surface area contributed by atoms with Gasteiger partial charge in [0.05, 0.1) is 15.9 Å². The lowest BCUT2D eigenvalue weighted by Gasteiger charge is -2.36. The van der Waals surface area contributed by atoms with Crippen molar-refractivity contribution < 1.29 is 17.9 Å². The van der Waals surface area contributed by atoms with Crippen LogP contribution in [-0.2, 0) is 32.6 Å². The molecule has 1 aromatic carbocycles. The number of nitrogens with zero attached hydrogens (tertiary/aromatic N) is 3.